The van der Waals surface area contributed by atoms with Crippen molar-refractivity contribution in [3.63, 3.8) is 0 Å². The van der Waals surface area contributed by atoms with Gasteiger partial charge >= 0.3 is 0 Å². The lowest BCUT2D eigenvalue weighted by molar-refractivity contribution is 0.122. The summed E-state index contributed by atoms with van der Waals surface area (Å²) < 4.78 is 11.7. The standard InChI is InChI=1S/C16H26ClN5O2Si/c1-16(2,3)25(4,5)24-10-11-18-12-13(19-11)20-15(17)21-14(12)22-6-8-23-9-7-22/h6-10H2,1-5H3,(H,18,19,20,21). The number of anilines is 1. The minimum absolute atomic E-state index is 0.154. The summed E-state index contributed by atoms with van der Waals surface area (Å²) in [6.07, 6.45) is 0. The molecular formula is C16H26ClN5O2Si. The minimum atomic E-state index is -1.84. The van der Waals surface area contributed by atoms with Gasteiger partial charge in [0, 0.05) is 13.1 Å². The number of halogens is 1. The van der Waals surface area contributed by atoms with E-state index in [4.69, 9.17) is 20.8 Å². The SMILES string of the molecule is CC(C)(C)[Si](C)(C)OCc1nc2nc(Cl)nc(N3CCOCC3)c2[nH]1. The van der Waals surface area contributed by atoms with Crippen LogP contribution in [0.15, 0.2) is 0 Å². The summed E-state index contributed by atoms with van der Waals surface area (Å²) in [6, 6.07) is 0. The highest BCUT2D eigenvalue weighted by atomic mass is 35.5. The number of H-pyrrole nitrogens is 1. The lowest BCUT2D eigenvalue weighted by Crippen LogP contribution is -2.40. The minimum Gasteiger partial charge on any atom is -0.409 e. The van der Waals surface area contributed by atoms with Crippen LogP contribution in [-0.2, 0) is 15.8 Å². The monoisotopic (exact) mass is 383 g/mol. The van der Waals surface area contributed by atoms with Gasteiger partial charge in [-0.05, 0) is 29.7 Å². The van der Waals surface area contributed by atoms with E-state index in [1.165, 1.54) is 0 Å². The van der Waals surface area contributed by atoms with E-state index in [9.17, 15) is 0 Å². The van der Waals surface area contributed by atoms with Crippen molar-refractivity contribution in [1.82, 2.24) is 19.9 Å². The molecule has 9 heteroatoms. The molecule has 2 aromatic rings. The highest BCUT2D eigenvalue weighted by Gasteiger charge is 2.37. The molecule has 0 aliphatic carbocycles. The van der Waals surface area contributed by atoms with E-state index in [0.717, 1.165) is 30.2 Å². The maximum atomic E-state index is 6.26. The Labute approximate surface area is 154 Å². The number of morpholine rings is 1. The van der Waals surface area contributed by atoms with Crippen molar-refractivity contribution in [2.24, 2.45) is 0 Å². The maximum Gasteiger partial charge on any atom is 0.226 e. The number of fused-ring (bicyclic) bond motifs is 1. The van der Waals surface area contributed by atoms with Crippen molar-refractivity contribution < 1.29 is 9.16 Å². The van der Waals surface area contributed by atoms with Gasteiger partial charge in [0.2, 0.25) is 5.28 Å². The number of nitrogens with one attached hydrogen (secondary N) is 1. The van der Waals surface area contributed by atoms with Crippen molar-refractivity contribution in [2.75, 3.05) is 31.2 Å². The highest BCUT2D eigenvalue weighted by molar-refractivity contribution is 6.74. The van der Waals surface area contributed by atoms with E-state index in [1.807, 2.05) is 0 Å². The summed E-state index contributed by atoms with van der Waals surface area (Å²) in [7, 11) is -1.84. The third-order valence-electron chi connectivity index (χ3n) is 5.04. The van der Waals surface area contributed by atoms with Crippen LogP contribution < -0.4 is 4.90 Å². The molecule has 0 unspecified atom stereocenters. The predicted molar refractivity (Wildman–Crippen MR) is 102 cm³/mol. The number of ether oxygens (including phenoxy) is 1. The second-order valence-corrected chi connectivity index (χ2v) is 13.0. The van der Waals surface area contributed by atoms with Gasteiger partial charge in [-0.25, -0.2) is 4.98 Å². The van der Waals surface area contributed by atoms with Crippen LogP contribution in [0, 0.1) is 0 Å². The van der Waals surface area contributed by atoms with E-state index in [-0.39, 0.29) is 10.3 Å². The van der Waals surface area contributed by atoms with Gasteiger partial charge in [0.05, 0.1) is 19.8 Å². The van der Waals surface area contributed by atoms with E-state index < -0.39 is 8.32 Å². The summed E-state index contributed by atoms with van der Waals surface area (Å²) in [5.74, 6) is 1.54. The molecule has 2 aromatic heterocycles. The smallest absolute Gasteiger partial charge is 0.226 e. The number of hydrogen-bond acceptors (Lipinski definition) is 6. The first-order valence-corrected chi connectivity index (χ1v) is 11.8. The third kappa shape index (κ3) is 3.97. The topological polar surface area (TPSA) is 76.2 Å². The molecule has 3 rings (SSSR count). The number of aromatic amines is 1. The molecule has 0 aromatic carbocycles. The molecule has 1 saturated heterocycles. The van der Waals surface area contributed by atoms with E-state index in [0.29, 0.717) is 25.5 Å². The average Bonchev–Trinajstić information content (AvgIpc) is 2.95. The molecule has 138 valence electrons. The predicted octanol–water partition coefficient (Wildman–Crippen LogP) is 3.36. The molecular weight excluding hydrogens is 358 g/mol. The largest absolute Gasteiger partial charge is 0.409 e. The summed E-state index contributed by atoms with van der Waals surface area (Å²) in [4.78, 5) is 18.7. The molecule has 3 heterocycles. The van der Waals surface area contributed by atoms with Gasteiger partial charge in [-0.15, -0.1) is 0 Å². The Morgan fingerprint density at radius 1 is 1.20 bits per heavy atom. The number of imidazole rings is 1. The maximum absolute atomic E-state index is 6.26. The van der Waals surface area contributed by atoms with Crippen LogP contribution in [0.2, 0.25) is 23.4 Å². The number of nitrogens with zero attached hydrogens (tertiary/aromatic N) is 4. The molecule has 7 nitrogen and oxygen atoms in total. The molecule has 0 saturated carbocycles. The van der Waals surface area contributed by atoms with Gasteiger partial charge in [-0.3, -0.25) is 0 Å². The van der Waals surface area contributed by atoms with Crippen molar-refractivity contribution in [3.8, 4) is 0 Å². The quantitative estimate of drug-likeness (QED) is 0.644. The zero-order valence-corrected chi connectivity index (χ0v) is 17.3. The fraction of sp³-hybridized carbons (Fsp3) is 0.688. The average molecular weight is 384 g/mol. The number of hydrogen-bond donors (Lipinski definition) is 1. The molecule has 1 aliphatic rings. The summed E-state index contributed by atoms with van der Waals surface area (Å²) in [5, 5.41) is 0.360. The third-order valence-corrected chi connectivity index (χ3v) is 9.69. The first-order chi connectivity index (χ1) is 11.7. The Morgan fingerprint density at radius 2 is 1.88 bits per heavy atom. The Kier molecular flexibility index (Phi) is 5.07. The Bertz CT molecular complexity index is 753. The van der Waals surface area contributed by atoms with Gasteiger partial charge in [0.1, 0.15) is 11.3 Å². The summed E-state index contributed by atoms with van der Waals surface area (Å²) >= 11 is 6.10. The highest BCUT2D eigenvalue weighted by Crippen LogP contribution is 2.37. The van der Waals surface area contributed by atoms with E-state index in [1.54, 1.807) is 0 Å². The molecule has 25 heavy (non-hydrogen) atoms. The molecule has 0 bridgehead atoms. The van der Waals surface area contributed by atoms with Gasteiger partial charge < -0.3 is 19.0 Å². The van der Waals surface area contributed by atoms with Crippen molar-refractivity contribution >= 4 is 36.9 Å². The van der Waals surface area contributed by atoms with Crippen molar-refractivity contribution in [3.05, 3.63) is 11.1 Å². The second-order valence-electron chi connectivity index (χ2n) is 7.85. The fourth-order valence-corrected chi connectivity index (χ4v) is 3.53. The van der Waals surface area contributed by atoms with E-state index in [2.05, 4.69) is 58.7 Å². The zero-order chi connectivity index (χ0) is 18.2. The lowest BCUT2D eigenvalue weighted by atomic mass is 10.2. The molecule has 1 N–H and O–H groups in total. The van der Waals surface area contributed by atoms with Crippen LogP contribution >= 0.6 is 11.6 Å². The fourth-order valence-electron chi connectivity index (χ4n) is 2.44. The van der Waals surface area contributed by atoms with E-state index >= 15 is 0 Å². The Morgan fingerprint density at radius 3 is 2.52 bits per heavy atom. The van der Waals surface area contributed by atoms with Crippen molar-refractivity contribution in [2.45, 2.75) is 45.5 Å². The van der Waals surface area contributed by atoms with Gasteiger partial charge in [-0.2, -0.15) is 9.97 Å². The molecule has 0 atom stereocenters. The van der Waals surface area contributed by atoms with Crippen LogP contribution in [0.5, 0.6) is 0 Å². The molecule has 0 spiro atoms. The van der Waals surface area contributed by atoms with Crippen LogP contribution in [0.25, 0.3) is 11.2 Å². The Hall–Kier alpha value is -1.22. The summed E-state index contributed by atoms with van der Waals surface area (Å²) in [6.45, 7) is 14.5. The van der Waals surface area contributed by atoms with Gasteiger partial charge in [0.25, 0.3) is 0 Å². The summed E-state index contributed by atoms with van der Waals surface area (Å²) in [5.41, 5.74) is 1.38. The normalized spacial score (nSPS) is 16.6. The van der Waals surface area contributed by atoms with Crippen LogP contribution in [0.1, 0.15) is 26.6 Å². The molecule has 1 fully saturated rings. The van der Waals surface area contributed by atoms with Crippen molar-refractivity contribution in [1.29, 1.82) is 0 Å². The molecule has 0 radical (unpaired) electrons. The van der Waals surface area contributed by atoms with Gasteiger partial charge in [-0.1, -0.05) is 20.8 Å². The zero-order valence-electron chi connectivity index (χ0n) is 15.5. The van der Waals surface area contributed by atoms with Crippen LogP contribution in [0.4, 0.5) is 5.82 Å². The number of aromatic nitrogens is 4. The molecule has 0 amide bonds. The Balaban J connectivity index is 1.87. The second kappa shape index (κ2) is 6.83. The first kappa shape index (κ1) is 18.6. The van der Waals surface area contributed by atoms with Crippen LogP contribution in [-0.4, -0.2) is 54.6 Å². The number of rotatable bonds is 4. The first-order valence-electron chi connectivity index (χ1n) is 8.56. The van der Waals surface area contributed by atoms with Gasteiger partial charge in [0.15, 0.2) is 19.8 Å². The molecule has 1 aliphatic heterocycles. The van der Waals surface area contributed by atoms with Crippen LogP contribution in [0.3, 0.4) is 0 Å². The lowest BCUT2D eigenvalue weighted by Gasteiger charge is -2.35.